The molecule has 96 valence electrons. The van der Waals surface area contributed by atoms with Gasteiger partial charge in [-0.3, -0.25) is 0 Å². The van der Waals surface area contributed by atoms with Crippen LogP contribution < -0.4 is 5.32 Å². The van der Waals surface area contributed by atoms with Crippen LogP contribution in [0.25, 0.3) is 0 Å². The van der Waals surface area contributed by atoms with Gasteiger partial charge in [0.25, 0.3) is 0 Å². The lowest BCUT2D eigenvalue weighted by atomic mass is 10.1. The fourth-order valence-corrected chi connectivity index (χ4v) is 2.86. The maximum Gasteiger partial charge on any atom is 0.202 e. The Labute approximate surface area is 108 Å². The molecule has 0 radical (unpaired) electrons. The summed E-state index contributed by atoms with van der Waals surface area (Å²) in [5.74, 6) is 1.71. The third-order valence-electron chi connectivity index (χ3n) is 3.37. The predicted octanol–water partition coefficient (Wildman–Crippen LogP) is 2.24. The number of aryl methyl sites for hydroxylation is 1. The lowest BCUT2D eigenvalue weighted by Gasteiger charge is -2.20. The Kier molecular flexibility index (Phi) is 4.34. The summed E-state index contributed by atoms with van der Waals surface area (Å²) < 4.78 is 4.28. The topological polar surface area (TPSA) is 41.1 Å². The van der Waals surface area contributed by atoms with Crippen molar-refractivity contribution in [3.05, 3.63) is 5.82 Å². The standard InChI is InChI=1S/C12H22N4S/c1-4-11-14-12(17-15-11)13-7-10-5-6-16(8-10)9(2)3/h9-10H,4-8H2,1-3H3,(H,13,14,15). The molecule has 5 heteroatoms. The maximum absolute atomic E-state index is 4.43. The van der Waals surface area contributed by atoms with E-state index in [1.54, 1.807) is 0 Å². The number of hydrogen-bond acceptors (Lipinski definition) is 5. The molecule has 1 fully saturated rings. The highest BCUT2D eigenvalue weighted by molar-refractivity contribution is 7.09. The van der Waals surface area contributed by atoms with Gasteiger partial charge in [0.05, 0.1) is 0 Å². The first-order valence-electron chi connectivity index (χ1n) is 6.49. The molecule has 0 saturated carbocycles. The van der Waals surface area contributed by atoms with Crippen molar-refractivity contribution in [3.8, 4) is 0 Å². The van der Waals surface area contributed by atoms with Gasteiger partial charge < -0.3 is 10.2 Å². The summed E-state index contributed by atoms with van der Waals surface area (Å²) in [7, 11) is 0. The van der Waals surface area contributed by atoms with Crippen molar-refractivity contribution >= 4 is 16.7 Å². The van der Waals surface area contributed by atoms with E-state index >= 15 is 0 Å². The van der Waals surface area contributed by atoms with Crippen LogP contribution in [0, 0.1) is 5.92 Å². The van der Waals surface area contributed by atoms with E-state index in [-0.39, 0.29) is 0 Å². The normalized spacial score (nSPS) is 21.3. The molecule has 0 amide bonds. The summed E-state index contributed by atoms with van der Waals surface area (Å²) in [4.78, 5) is 6.97. The molecule has 17 heavy (non-hydrogen) atoms. The molecule has 1 N–H and O–H groups in total. The van der Waals surface area contributed by atoms with Gasteiger partial charge in [0.1, 0.15) is 5.82 Å². The molecule has 1 unspecified atom stereocenters. The van der Waals surface area contributed by atoms with Crippen molar-refractivity contribution < 1.29 is 0 Å². The Hall–Kier alpha value is -0.680. The molecule has 1 aromatic rings. The quantitative estimate of drug-likeness (QED) is 0.875. The molecule has 1 aromatic heterocycles. The second-order valence-corrected chi connectivity index (χ2v) is 5.75. The van der Waals surface area contributed by atoms with Crippen molar-refractivity contribution in [3.63, 3.8) is 0 Å². The summed E-state index contributed by atoms with van der Waals surface area (Å²) in [6.07, 6.45) is 2.22. The molecule has 1 aliphatic rings. The van der Waals surface area contributed by atoms with Crippen molar-refractivity contribution in [2.75, 3.05) is 25.0 Å². The monoisotopic (exact) mass is 254 g/mol. The number of nitrogens with one attached hydrogen (secondary N) is 1. The number of anilines is 1. The predicted molar refractivity (Wildman–Crippen MR) is 72.6 cm³/mol. The average molecular weight is 254 g/mol. The number of hydrogen-bond donors (Lipinski definition) is 1. The van der Waals surface area contributed by atoms with E-state index in [4.69, 9.17) is 0 Å². The number of likely N-dealkylation sites (tertiary alicyclic amines) is 1. The molecule has 1 saturated heterocycles. The van der Waals surface area contributed by atoms with Gasteiger partial charge in [0.15, 0.2) is 0 Å². The molecule has 0 aromatic carbocycles. The van der Waals surface area contributed by atoms with Crippen molar-refractivity contribution in [1.29, 1.82) is 0 Å². The number of rotatable bonds is 5. The Morgan fingerprint density at radius 1 is 1.53 bits per heavy atom. The highest BCUT2D eigenvalue weighted by Gasteiger charge is 2.23. The maximum atomic E-state index is 4.43. The van der Waals surface area contributed by atoms with E-state index in [2.05, 4.69) is 40.3 Å². The van der Waals surface area contributed by atoms with Gasteiger partial charge in [0.2, 0.25) is 5.13 Å². The number of aromatic nitrogens is 2. The summed E-state index contributed by atoms with van der Waals surface area (Å²) in [6, 6.07) is 0.674. The summed E-state index contributed by atoms with van der Waals surface area (Å²) in [5.41, 5.74) is 0. The highest BCUT2D eigenvalue weighted by atomic mass is 32.1. The summed E-state index contributed by atoms with van der Waals surface area (Å²) in [5, 5.41) is 4.40. The lowest BCUT2D eigenvalue weighted by Crippen LogP contribution is -2.29. The van der Waals surface area contributed by atoms with Crippen LogP contribution in [0.4, 0.5) is 5.13 Å². The first-order chi connectivity index (χ1) is 8.19. The van der Waals surface area contributed by atoms with Crippen molar-refractivity contribution in [1.82, 2.24) is 14.3 Å². The lowest BCUT2D eigenvalue weighted by molar-refractivity contribution is 0.266. The molecular weight excluding hydrogens is 232 g/mol. The van der Waals surface area contributed by atoms with Gasteiger partial charge in [0, 0.05) is 37.1 Å². The Morgan fingerprint density at radius 2 is 2.35 bits per heavy atom. The SMILES string of the molecule is CCc1nsc(NCC2CCN(C(C)C)C2)n1. The minimum Gasteiger partial charge on any atom is -0.360 e. The molecule has 0 spiro atoms. The van der Waals surface area contributed by atoms with E-state index in [9.17, 15) is 0 Å². The molecule has 0 aliphatic carbocycles. The molecule has 2 rings (SSSR count). The molecule has 1 atom stereocenters. The number of nitrogens with zero attached hydrogens (tertiary/aromatic N) is 3. The van der Waals surface area contributed by atoms with Crippen LogP contribution in [-0.4, -0.2) is 39.9 Å². The summed E-state index contributed by atoms with van der Waals surface area (Å²) in [6.45, 7) is 10.1. The van der Waals surface area contributed by atoms with Gasteiger partial charge in [-0.1, -0.05) is 6.92 Å². The van der Waals surface area contributed by atoms with Crippen molar-refractivity contribution in [2.45, 2.75) is 39.7 Å². The fourth-order valence-electron chi connectivity index (χ4n) is 2.20. The van der Waals surface area contributed by atoms with Crippen LogP contribution in [0.3, 0.4) is 0 Å². The van der Waals surface area contributed by atoms with Gasteiger partial charge in [-0.2, -0.15) is 4.37 Å². The van der Waals surface area contributed by atoms with Crippen LogP contribution in [0.15, 0.2) is 0 Å². The van der Waals surface area contributed by atoms with E-state index in [0.717, 1.165) is 29.8 Å². The molecule has 2 heterocycles. The van der Waals surface area contributed by atoms with Gasteiger partial charge >= 0.3 is 0 Å². The van der Waals surface area contributed by atoms with Crippen LogP contribution in [0.1, 0.15) is 33.0 Å². The minimum absolute atomic E-state index is 0.674. The van der Waals surface area contributed by atoms with Gasteiger partial charge in [-0.25, -0.2) is 4.98 Å². The van der Waals surface area contributed by atoms with Crippen LogP contribution in [0.5, 0.6) is 0 Å². The van der Waals surface area contributed by atoms with E-state index in [1.165, 1.54) is 31.0 Å². The third-order valence-corrected chi connectivity index (χ3v) is 4.08. The first-order valence-corrected chi connectivity index (χ1v) is 7.27. The van der Waals surface area contributed by atoms with Crippen LogP contribution in [0.2, 0.25) is 0 Å². The second kappa shape index (κ2) is 5.78. The Bertz CT molecular complexity index is 350. The highest BCUT2D eigenvalue weighted by Crippen LogP contribution is 2.20. The molecule has 4 nitrogen and oxygen atoms in total. The molecular formula is C12H22N4S. The average Bonchev–Trinajstić information content (AvgIpc) is 2.95. The zero-order valence-electron chi connectivity index (χ0n) is 10.9. The molecule has 0 bridgehead atoms. The van der Waals surface area contributed by atoms with Gasteiger partial charge in [-0.05, 0) is 32.7 Å². The van der Waals surface area contributed by atoms with E-state index in [1.807, 2.05) is 0 Å². The smallest absolute Gasteiger partial charge is 0.202 e. The summed E-state index contributed by atoms with van der Waals surface area (Å²) >= 11 is 1.48. The second-order valence-electron chi connectivity index (χ2n) is 4.99. The first kappa shape index (κ1) is 12.8. The Morgan fingerprint density at radius 3 is 2.94 bits per heavy atom. The van der Waals surface area contributed by atoms with Crippen LogP contribution >= 0.6 is 11.5 Å². The Balaban J connectivity index is 1.76. The molecule has 1 aliphatic heterocycles. The minimum atomic E-state index is 0.674. The van der Waals surface area contributed by atoms with E-state index in [0.29, 0.717) is 6.04 Å². The third kappa shape index (κ3) is 3.39. The zero-order chi connectivity index (χ0) is 12.3. The largest absolute Gasteiger partial charge is 0.360 e. The fraction of sp³-hybridized carbons (Fsp3) is 0.833. The zero-order valence-corrected chi connectivity index (χ0v) is 11.8. The van der Waals surface area contributed by atoms with Crippen molar-refractivity contribution in [2.24, 2.45) is 5.92 Å². The van der Waals surface area contributed by atoms with E-state index < -0.39 is 0 Å². The van der Waals surface area contributed by atoms with Gasteiger partial charge in [-0.15, -0.1) is 0 Å². The van der Waals surface area contributed by atoms with Crippen LogP contribution in [-0.2, 0) is 6.42 Å².